The molecule has 0 radical (unpaired) electrons. The van der Waals surface area contributed by atoms with Gasteiger partial charge in [0.05, 0.1) is 16.8 Å². The summed E-state index contributed by atoms with van der Waals surface area (Å²) >= 11 is 3.39. The van der Waals surface area contributed by atoms with Crippen LogP contribution in [0.15, 0.2) is 57.5 Å². The molecule has 1 aromatic heterocycles. The Morgan fingerprint density at radius 1 is 1.20 bits per heavy atom. The summed E-state index contributed by atoms with van der Waals surface area (Å²) in [6.07, 6.45) is 0. The summed E-state index contributed by atoms with van der Waals surface area (Å²) in [5.41, 5.74) is 2.85. The highest BCUT2D eigenvalue weighted by molar-refractivity contribution is 9.10. The van der Waals surface area contributed by atoms with Crippen LogP contribution < -0.4 is 10.1 Å². The van der Waals surface area contributed by atoms with Gasteiger partial charge in [0.1, 0.15) is 18.1 Å². The molecular formula is C19H17BrN2O3. The maximum atomic E-state index is 12.6. The number of nitrogens with zero attached hydrogens (tertiary/aromatic N) is 1. The van der Waals surface area contributed by atoms with E-state index >= 15 is 0 Å². The predicted octanol–water partition coefficient (Wildman–Crippen LogP) is 4.89. The Kier molecular flexibility index (Phi) is 5.19. The highest BCUT2D eigenvalue weighted by atomic mass is 79.9. The fraction of sp³-hybridized carbons (Fsp3) is 0.158. The number of hydrogen-bond acceptors (Lipinski definition) is 4. The number of hydrogen-bond donors (Lipinski definition) is 1. The third kappa shape index (κ3) is 4.09. The van der Waals surface area contributed by atoms with Crippen molar-refractivity contribution in [3.63, 3.8) is 0 Å². The molecule has 1 heterocycles. The Hall–Kier alpha value is -2.60. The van der Waals surface area contributed by atoms with E-state index in [1.54, 1.807) is 18.2 Å². The Morgan fingerprint density at radius 2 is 2.00 bits per heavy atom. The molecule has 0 aliphatic rings. The zero-order chi connectivity index (χ0) is 17.8. The van der Waals surface area contributed by atoms with Crippen LogP contribution in [0.4, 0.5) is 5.69 Å². The average molecular weight is 401 g/mol. The lowest BCUT2D eigenvalue weighted by Gasteiger charge is -2.12. The second kappa shape index (κ2) is 7.53. The molecular weight excluding hydrogens is 384 g/mol. The van der Waals surface area contributed by atoms with E-state index in [-0.39, 0.29) is 5.91 Å². The minimum Gasteiger partial charge on any atom is -0.488 e. The molecule has 6 heteroatoms. The minimum atomic E-state index is -0.229. The first-order valence-corrected chi connectivity index (χ1v) is 8.54. The van der Waals surface area contributed by atoms with E-state index in [2.05, 4.69) is 26.4 Å². The third-order valence-corrected chi connectivity index (χ3v) is 4.26. The van der Waals surface area contributed by atoms with E-state index in [9.17, 15) is 4.79 Å². The summed E-state index contributed by atoms with van der Waals surface area (Å²) in [4.78, 5) is 12.6. The van der Waals surface area contributed by atoms with Crippen LogP contribution in [0.3, 0.4) is 0 Å². The average Bonchev–Trinajstić information content (AvgIpc) is 2.91. The van der Waals surface area contributed by atoms with E-state index in [1.807, 2.05) is 44.2 Å². The molecule has 0 saturated heterocycles. The Labute approximate surface area is 154 Å². The fourth-order valence-corrected chi connectivity index (χ4v) is 2.80. The standard InChI is InChI=1S/C19H17BrN2O3/c1-12-17(13(2)25-22-12)11-24-18-9-4-3-8-16(18)19(23)21-15-7-5-6-14(20)10-15/h3-10H,11H2,1-2H3,(H,21,23). The van der Waals surface area contributed by atoms with Crippen LogP contribution in [-0.2, 0) is 6.61 Å². The summed E-state index contributed by atoms with van der Waals surface area (Å²) in [7, 11) is 0. The number of halogens is 1. The number of rotatable bonds is 5. The Morgan fingerprint density at radius 3 is 2.72 bits per heavy atom. The fourth-order valence-electron chi connectivity index (χ4n) is 2.40. The monoisotopic (exact) mass is 400 g/mol. The van der Waals surface area contributed by atoms with Gasteiger partial charge in [-0.15, -0.1) is 0 Å². The van der Waals surface area contributed by atoms with Gasteiger partial charge in [-0.1, -0.05) is 39.3 Å². The van der Waals surface area contributed by atoms with E-state index in [0.29, 0.717) is 29.4 Å². The smallest absolute Gasteiger partial charge is 0.259 e. The van der Waals surface area contributed by atoms with Crippen molar-refractivity contribution in [3.05, 3.63) is 75.6 Å². The molecule has 0 atom stereocenters. The lowest BCUT2D eigenvalue weighted by Crippen LogP contribution is -2.13. The SMILES string of the molecule is Cc1noc(C)c1COc1ccccc1C(=O)Nc1cccc(Br)c1. The van der Waals surface area contributed by atoms with E-state index in [0.717, 1.165) is 15.7 Å². The van der Waals surface area contributed by atoms with E-state index < -0.39 is 0 Å². The summed E-state index contributed by atoms with van der Waals surface area (Å²) < 4.78 is 11.9. The van der Waals surface area contributed by atoms with E-state index in [4.69, 9.17) is 9.26 Å². The molecule has 0 aliphatic heterocycles. The quantitative estimate of drug-likeness (QED) is 0.662. The Bertz CT molecular complexity index is 886. The number of ether oxygens (including phenoxy) is 1. The van der Waals surface area contributed by atoms with Crippen LogP contribution in [-0.4, -0.2) is 11.1 Å². The van der Waals surface area contributed by atoms with Gasteiger partial charge >= 0.3 is 0 Å². The van der Waals surface area contributed by atoms with Crippen LogP contribution in [0.2, 0.25) is 0 Å². The van der Waals surface area contributed by atoms with Gasteiger partial charge in [-0.25, -0.2) is 0 Å². The first kappa shape index (κ1) is 17.2. The van der Waals surface area contributed by atoms with E-state index in [1.165, 1.54) is 0 Å². The van der Waals surface area contributed by atoms with Crippen molar-refractivity contribution in [2.45, 2.75) is 20.5 Å². The van der Waals surface area contributed by atoms with Crippen LogP contribution >= 0.6 is 15.9 Å². The van der Waals surface area contributed by atoms with Gasteiger partial charge in [-0.3, -0.25) is 4.79 Å². The molecule has 0 unspecified atom stereocenters. The number of amides is 1. The molecule has 0 spiro atoms. The molecule has 3 rings (SSSR count). The number of aromatic nitrogens is 1. The van der Waals surface area contributed by atoms with Crippen molar-refractivity contribution in [2.24, 2.45) is 0 Å². The normalized spacial score (nSPS) is 10.5. The van der Waals surface area contributed by atoms with Gasteiger partial charge in [-0.2, -0.15) is 0 Å². The number of carbonyl (C=O) groups excluding carboxylic acids is 1. The summed E-state index contributed by atoms with van der Waals surface area (Å²) in [5.74, 6) is 0.996. The zero-order valence-electron chi connectivity index (χ0n) is 13.9. The lowest BCUT2D eigenvalue weighted by atomic mass is 10.1. The van der Waals surface area contributed by atoms with Crippen molar-refractivity contribution in [1.82, 2.24) is 5.16 Å². The molecule has 3 aromatic rings. The highest BCUT2D eigenvalue weighted by Crippen LogP contribution is 2.23. The van der Waals surface area contributed by atoms with Gasteiger partial charge < -0.3 is 14.6 Å². The van der Waals surface area contributed by atoms with Gasteiger partial charge in [-0.05, 0) is 44.2 Å². The van der Waals surface area contributed by atoms with Gasteiger partial charge in [0.25, 0.3) is 5.91 Å². The number of nitrogens with one attached hydrogen (secondary N) is 1. The Balaban J connectivity index is 1.77. The number of para-hydroxylation sites is 1. The van der Waals surface area contributed by atoms with Crippen molar-refractivity contribution in [2.75, 3.05) is 5.32 Å². The maximum Gasteiger partial charge on any atom is 0.259 e. The number of anilines is 1. The predicted molar refractivity (Wildman–Crippen MR) is 98.8 cm³/mol. The number of aryl methyl sites for hydroxylation is 2. The van der Waals surface area contributed by atoms with Gasteiger partial charge in [0.2, 0.25) is 0 Å². The van der Waals surface area contributed by atoms with Crippen LogP contribution in [0.5, 0.6) is 5.75 Å². The van der Waals surface area contributed by atoms with Crippen molar-refractivity contribution in [1.29, 1.82) is 0 Å². The van der Waals surface area contributed by atoms with Gasteiger partial charge in [0, 0.05) is 10.2 Å². The number of benzene rings is 2. The third-order valence-electron chi connectivity index (χ3n) is 3.77. The first-order valence-electron chi connectivity index (χ1n) is 7.75. The summed E-state index contributed by atoms with van der Waals surface area (Å²) in [6, 6.07) is 14.6. The molecule has 1 N–H and O–H groups in total. The topological polar surface area (TPSA) is 64.4 Å². The molecule has 5 nitrogen and oxygen atoms in total. The zero-order valence-corrected chi connectivity index (χ0v) is 15.5. The van der Waals surface area contributed by atoms with Crippen LogP contribution in [0, 0.1) is 13.8 Å². The molecule has 0 bridgehead atoms. The summed E-state index contributed by atoms with van der Waals surface area (Å²) in [5, 5.41) is 6.79. The van der Waals surface area contributed by atoms with Crippen molar-refractivity contribution >= 4 is 27.5 Å². The second-order valence-corrected chi connectivity index (χ2v) is 6.47. The molecule has 0 saturated carbocycles. The van der Waals surface area contributed by atoms with Gasteiger partial charge in [0.15, 0.2) is 0 Å². The number of carbonyl (C=O) groups is 1. The van der Waals surface area contributed by atoms with Crippen LogP contribution in [0.25, 0.3) is 0 Å². The molecule has 1 amide bonds. The molecule has 2 aromatic carbocycles. The molecule has 0 fully saturated rings. The molecule has 25 heavy (non-hydrogen) atoms. The maximum absolute atomic E-state index is 12.6. The highest BCUT2D eigenvalue weighted by Gasteiger charge is 2.15. The first-order chi connectivity index (χ1) is 12.0. The van der Waals surface area contributed by atoms with Crippen LogP contribution in [0.1, 0.15) is 27.4 Å². The molecule has 0 aliphatic carbocycles. The molecule has 128 valence electrons. The van der Waals surface area contributed by atoms with Crippen molar-refractivity contribution in [3.8, 4) is 5.75 Å². The summed E-state index contributed by atoms with van der Waals surface area (Å²) in [6.45, 7) is 3.99. The largest absolute Gasteiger partial charge is 0.488 e. The van der Waals surface area contributed by atoms with Crippen molar-refractivity contribution < 1.29 is 14.1 Å². The minimum absolute atomic E-state index is 0.229. The second-order valence-electron chi connectivity index (χ2n) is 5.55. The lowest BCUT2D eigenvalue weighted by molar-refractivity contribution is 0.102.